The van der Waals surface area contributed by atoms with Crippen molar-refractivity contribution in [1.29, 1.82) is 0 Å². The predicted molar refractivity (Wildman–Crippen MR) is 293 cm³/mol. The van der Waals surface area contributed by atoms with E-state index in [9.17, 15) is 5.48 Å². The van der Waals surface area contributed by atoms with Gasteiger partial charge in [0.15, 0.2) is 0 Å². The average Bonchev–Trinajstić information content (AvgIpc) is 1.56. The maximum atomic E-state index is 9.50. The molecule has 0 aliphatic carbocycles. The van der Waals surface area contributed by atoms with Gasteiger partial charge in [-0.05, 0) is 86.2 Å². The molecule has 4 heterocycles. The number of hydrogen-bond donors (Lipinski definition) is 0. The Morgan fingerprint density at radius 1 is 0.589 bits per heavy atom. The Hall–Kier alpha value is -8.31. The first kappa shape index (κ1) is 29.9. The van der Waals surface area contributed by atoms with Crippen LogP contribution in [0.2, 0.25) is 0 Å². The van der Waals surface area contributed by atoms with Gasteiger partial charge in [-0.2, -0.15) is 12.1 Å². The van der Waals surface area contributed by atoms with Crippen molar-refractivity contribution in [3.63, 3.8) is 0 Å². The molecule has 6 nitrogen and oxygen atoms in total. The van der Waals surface area contributed by atoms with Gasteiger partial charge in [-0.3, -0.25) is 4.57 Å². The normalized spacial score (nSPS) is 15.7. The van der Waals surface area contributed by atoms with Crippen LogP contribution in [0.4, 0.5) is 0 Å². The van der Waals surface area contributed by atoms with E-state index in [0.717, 1.165) is 5.56 Å². The van der Waals surface area contributed by atoms with Crippen molar-refractivity contribution in [3.05, 3.63) is 242 Å². The number of fused-ring (bicyclic) bond motifs is 7. The van der Waals surface area contributed by atoms with E-state index in [1.54, 1.807) is 59.3 Å². The Morgan fingerprint density at radius 3 is 1.89 bits per heavy atom. The number of para-hydroxylation sites is 6. The molecule has 0 amide bonds. The number of aromatic nitrogens is 5. The quantitative estimate of drug-likeness (QED) is 0.107. The predicted octanol–water partition coefficient (Wildman–Crippen LogP) is 16.2. The van der Waals surface area contributed by atoms with Gasteiger partial charge < -0.3 is 18.4 Å². The summed E-state index contributed by atoms with van der Waals surface area (Å²) in [5.74, 6) is 0.681. The van der Waals surface area contributed by atoms with Crippen LogP contribution in [-0.2, 0) is 21.1 Å². The Balaban J connectivity index is 0.00000800. The Bertz CT molecular complexity index is 5080. The van der Waals surface area contributed by atoms with Crippen LogP contribution in [0.1, 0.15) is 63.8 Å². The molecule has 9 aromatic carbocycles. The van der Waals surface area contributed by atoms with E-state index in [0.29, 0.717) is 44.3 Å². The molecule has 0 fully saturated rings. The molecule has 0 aliphatic rings. The summed E-state index contributed by atoms with van der Waals surface area (Å²) in [4.78, 5) is 4.92. The van der Waals surface area contributed by atoms with E-state index in [1.807, 2.05) is 41.0 Å². The van der Waals surface area contributed by atoms with Crippen LogP contribution in [-0.4, -0.2) is 18.7 Å². The second-order valence-corrected chi connectivity index (χ2v) is 18.4. The monoisotopic (exact) mass is 1140 g/mol. The van der Waals surface area contributed by atoms with Gasteiger partial charge in [0.2, 0.25) is 0 Å². The zero-order valence-corrected chi connectivity index (χ0v) is 41.7. The Kier molecular flexibility index (Phi) is 7.53. The fourth-order valence-electron chi connectivity index (χ4n) is 9.53. The summed E-state index contributed by atoms with van der Waals surface area (Å²) in [5, 5.41) is 0.865. The van der Waals surface area contributed by atoms with Crippen LogP contribution in [0, 0.1) is 23.9 Å². The number of rotatable bonds is 9. The summed E-state index contributed by atoms with van der Waals surface area (Å²) in [6, 6.07) is 26.2. The molecule has 73 heavy (non-hydrogen) atoms. The molecule has 0 saturated carbocycles. The van der Waals surface area contributed by atoms with E-state index in [4.69, 9.17) is 28.9 Å². The first-order valence-electron chi connectivity index (χ1n) is 32.1. The number of imidazole rings is 1. The second kappa shape index (κ2) is 18.4. The Morgan fingerprint density at radius 2 is 1.21 bits per heavy atom. The SMILES string of the molecule is [2H]c1c([2H])c([2H])c(-c2cccc(-c3c([2H])c([2H])c([2H])c([2H])c3[2H])c2-[n+]2[c-]n(-c3[c-]c(Oc4[c-]c5c(c(-n6c7c([2H])c([2H])c([2H])c([2H])c7c7c([2H])c([2H])c([2H])c([2H])c76)c4)c4ccccc4n5-c4cc(C(C)C(C)(C)C)ccn4)ccc3)c3ccccc32)c([2H])c1[2H].[Pt]. The number of ether oxygens (including phenoxy) is 1. The summed E-state index contributed by atoms with van der Waals surface area (Å²) >= 11 is 0. The van der Waals surface area contributed by atoms with Crippen molar-refractivity contribution >= 4 is 54.6 Å². The second-order valence-electron chi connectivity index (χ2n) is 18.4. The van der Waals surface area contributed by atoms with Crippen molar-refractivity contribution in [2.45, 2.75) is 33.6 Å². The van der Waals surface area contributed by atoms with E-state index < -0.39 is 109 Å². The first-order chi connectivity index (χ1) is 42.7. The molecule has 1 unspecified atom stereocenters. The molecular weight excluding hydrogens is 1070 g/mol. The van der Waals surface area contributed by atoms with Crippen LogP contribution in [0.5, 0.6) is 11.5 Å². The van der Waals surface area contributed by atoms with E-state index in [2.05, 4.69) is 46.2 Å². The van der Waals surface area contributed by atoms with E-state index in [-0.39, 0.29) is 99.3 Å². The van der Waals surface area contributed by atoms with Gasteiger partial charge in [0.1, 0.15) is 5.82 Å². The molecule has 0 bridgehead atoms. The van der Waals surface area contributed by atoms with Crippen molar-refractivity contribution in [2.75, 3.05) is 0 Å². The maximum Gasteiger partial charge on any atom is 0.268 e. The standard InChI is InChI=1S/C66H49N5O.Pt/c1-44(66(2,3)4)47-37-38-67-63(39-47)71-58-34-16-13-29-55(58)64-61(70-56-32-14-11-27-53(56)54-28-12-15-33-57(54)70)41-50(42-62(64)71)72-49-26-19-25-48(40-49)68-43-69(60-36-18-17-35-59(60)68)65-51(45-21-7-5-8-22-45)30-20-31-52(65)46-23-9-6-10-24-46;/h5-39,41,44H,1-4H3;/q-2;/i5D,6D,7D,8D,9D,10D,11D,12D,14D,15D,21D,22D,23D,24D,27D,28D,32D,33D;. The van der Waals surface area contributed by atoms with Crippen molar-refractivity contribution in [2.24, 2.45) is 5.41 Å². The average molecular weight is 1140 g/mol. The molecule has 0 saturated heterocycles. The topological polar surface area (TPSA) is 40.8 Å². The summed E-state index contributed by atoms with van der Waals surface area (Å²) in [5.41, 5.74) is 2.79. The van der Waals surface area contributed by atoms with Crippen LogP contribution >= 0.6 is 0 Å². The fraction of sp³-hybridized carbons (Fsp3) is 0.0909. The van der Waals surface area contributed by atoms with E-state index >= 15 is 0 Å². The maximum absolute atomic E-state index is 9.50. The van der Waals surface area contributed by atoms with Gasteiger partial charge in [0.25, 0.3) is 6.33 Å². The summed E-state index contributed by atoms with van der Waals surface area (Å²) < 4.78 is 174. The molecule has 0 spiro atoms. The molecule has 7 heteroatoms. The number of nitrogens with zero attached hydrogens (tertiary/aromatic N) is 5. The van der Waals surface area contributed by atoms with Crippen LogP contribution in [0.3, 0.4) is 0 Å². The van der Waals surface area contributed by atoms with Crippen LogP contribution in [0.25, 0.3) is 99.8 Å². The molecule has 4 aromatic heterocycles. The zero-order valence-electron chi connectivity index (χ0n) is 57.4. The molecule has 0 aliphatic heterocycles. The number of benzene rings is 9. The van der Waals surface area contributed by atoms with Gasteiger partial charge in [-0.15, -0.1) is 24.3 Å². The summed E-state index contributed by atoms with van der Waals surface area (Å²) in [6.07, 6.45) is 5.10. The summed E-state index contributed by atoms with van der Waals surface area (Å²) in [7, 11) is 0. The van der Waals surface area contributed by atoms with Crippen LogP contribution in [0.15, 0.2) is 218 Å². The minimum atomic E-state index is -0.631. The fourth-order valence-corrected chi connectivity index (χ4v) is 9.53. The Labute approximate surface area is 464 Å². The van der Waals surface area contributed by atoms with Gasteiger partial charge in [0, 0.05) is 55.1 Å². The summed E-state index contributed by atoms with van der Waals surface area (Å²) in [6.45, 7) is 8.58. The number of pyridine rings is 1. The molecule has 0 N–H and O–H groups in total. The first-order valence-corrected chi connectivity index (χ1v) is 23.1. The third-order valence-electron chi connectivity index (χ3n) is 13.3. The van der Waals surface area contributed by atoms with Gasteiger partial charge in [-0.1, -0.05) is 196 Å². The smallest absolute Gasteiger partial charge is 0.268 e. The minimum Gasteiger partial charge on any atom is -0.510 e. The molecule has 13 rings (SSSR count). The van der Waals surface area contributed by atoms with Gasteiger partial charge in [0.05, 0.1) is 52.4 Å². The molecular formula is C66H49N5OPt-2. The zero-order chi connectivity index (χ0) is 64.2. The van der Waals surface area contributed by atoms with Gasteiger partial charge >= 0.3 is 0 Å². The van der Waals surface area contributed by atoms with E-state index in [1.165, 1.54) is 27.3 Å². The largest absolute Gasteiger partial charge is 0.510 e. The van der Waals surface area contributed by atoms with Crippen molar-refractivity contribution < 1.29 is 55.0 Å². The third kappa shape index (κ3) is 7.85. The third-order valence-corrected chi connectivity index (χ3v) is 13.3. The number of hydrogen-bond acceptors (Lipinski definition) is 2. The molecule has 1 atom stereocenters. The molecule has 13 aromatic rings. The van der Waals surface area contributed by atoms with Crippen molar-refractivity contribution in [1.82, 2.24) is 18.7 Å². The molecule has 0 radical (unpaired) electrons. The van der Waals surface area contributed by atoms with Crippen LogP contribution < -0.4 is 9.30 Å². The molecule has 356 valence electrons. The van der Waals surface area contributed by atoms with Gasteiger partial charge in [-0.25, -0.2) is 4.98 Å². The van der Waals surface area contributed by atoms with Crippen molar-refractivity contribution in [3.8, 4) is 56.6 Å². The minimum absolute atomic E-state index is 0.